The third-order valence-electron chi connectivity index (χ3n) is 10.6. The molecule has 0 amide bonds. The van der Waals surface area contributed by atoms with Crippen LogP contribution in [0.2, 0.25) is 0 Å². The first kappa shape index (κ1) is 62.4. The Labute approximate surface area is 419 Å². The Kier molecular flexibility index (Phi) is 35.9. The van der Waals surface area contributed by atoms with Crippen molar-refractivity contribution < 1.29 is 64.1 Å². The van der Waals surface area contributed by atoms with Gasteiger partial charge in [0.1, 0.15) is 33.5 Å². The summed E-state index contributed by atoms with van der Waals surface area (Å²) in [4.78, 5) is 49.2. The molecule has 0 aliphatic rings. The first-order valence-corrected chi connectivity index (χ1v) is 26.2. The topological polar surface area (TPSA) is 220 Å². The SMILES string of the molecule is CCCCCCCCCCCCCOC(=O)c1ccccc1C(=O)OCC(C)S(=O)(=O)[O-].CCCCCCCCCCCCCOC(=O)c1ccccc1C(=O)OCC(C)S(=O)(=O)[O-].[Ca+2]. The molecule has 14 nitrogen and oxygen atoms in total. The second-order valence-corrected chi connectivity index (χ2v) is 19.8. The number of ether oxygens (including phenoxy) is 4. The van der Waals surface area contributed by atoms with Crippen molar-refractivity contribution >= 4 is 81.9 Å². The van der Waals surface area contributed by atoms with E-state index in [1.54, 1.807) is 24.3 Å². The van der Waals surface area contributed by atoms with Crippen molar-refractivity contribution in [1.82, 2.24) is 0 Å². The fraction of sp³-hybridized carbons (Fsp3) is 0.667. The van der Waals surface area contributed by atoms with Gasteiger partial charge < -0.3 is 28.1 Å². The predicted molar refractivity (Wildman–Crippen MR) is 251 cm³/mol. The van der Waals surface area contributed by atoms with Crippen LogP contribution < -0.4 is 0 Å². The molecule has 0 aliphatic carbocycles. The summed E-state index contributed by atoms with van der Waals surface area (Å²) in [6.07, 6.45) is 26.3. The molecular formula is C48H74CaO14S2. The van der Waals surface area contributed by atoms with Crippen molar-refractivity contribution in [1.29, 1.82) is 0 Å². The number of hydrogen-bond acceptors (Lipinski definition) is 14. The second kappa shape index (κ2) is 37.4. The number of benzene rings is 2. The first-order chi connectivity index (χ1) is 30.5. The van der Waals surface area contributed by atoms with Gasteiger partial charge in [-0.3, -0.25) is 0 Å². The maximum absolute atomic E-state index is 12.4. The maximum Gasteiger partial charge on any atom is 2.00 e. The molecule has 0 aliphatic heterocycles. The van der Waals surface area contributed by atoms with Gasteiger partial charge in [0.2, 0.25) is 0 Å². The van der Waals surface area contributed by atoms with E-state index >= 15 is 0 Å². The van der Waals surface area contributed by atoms with E-state index in [1.165, 1.54) is 127 Å². The summed E-state index contributed by atoms with van der Waals surface area (Å²) in [5.74, 6) is -3.01. The Morgan fingerprint density at radius 3 is 0.862 bits per heavy atom. The Bertz CT molecular complexity index is 1720. The van der Waals surface area contributed by atoms with Gasteiger partial charge in [-0.2, -0.15) is 0 Å². The van der Waals surface area contributed by atoms with Crippen LogP contribution in [0.3, 0.4) is 0 Å². The Morgan fingerprint density at radius 2 is 0.631 bits per heavy atom. The third-order valence-corrected chi connectivity index (χ3v) is 12.8. The van der Waals surface area contributed by atoms with Crippen LogP contribution in [-0.2, 0) is 39.2 Å². The predicted octanol–water partition coefficient (Wildman–Crippen LogP) is 10.1. The quantitative estimate of drug-likeness (QED) is 0.0209. The molecule has 364 valence electrons. The van der Waals surface area contributed by atoms with E-state index in [0.717, 1.165) is 52.4 Å². The molecule has 2 atom stereocenters. The van der Waals surface area contributed by atoms with Gasteiger partial charge in [-0.1, -0.05) is 167 Å². The Balaban J connectivity index is 0.00000124. The van der Waals surface area contributed by atoms with Gasteiger partial charge in [0, 0.05) is 0 Å². The van der Waals surface area contributed by atoms with Crippen molar-refractivity contribution in [3.05, 3.63) is 70.8 Å². The maximum atomic E-state index is 12.4. The summed E-state index contributed by atoms with van der Waals surface area (Å²) in [5.41, 5.74) is 0.0651. The zero-order valence-corrected chi connectivity index (χ0v) is 43.2. The number of unbranched alkanes of at least 4 members (excludes halogenated alkanes) is 20. The van der Waals surface area contributed by atoms with E-state index < -0.39 is 67.8 Å². The van der Waals surface area contributed by atoms with Gasteiger partial charge in [0.05, 0.1) is 46.0 Å². The molecule has 2 unspecified atom stereocenters. The van der Waals surface area contributed by atoms with E-state index in [1.807, 2.05) is 0 Å². The van der Waals surface area contributed by atoms with Crippen molar-refractivity contribution in [2.45, 2.75) is 179 Å². The van der Waals surface area contributed by atoms with E-state index in [0.29, 0.717) is 0 Å². The minimum absolute atomic E-state index is 0. The Hall–Kier alpha value is -2.60. The fourth-order valence-electron chi connectivity index (χ4n) is 6.40. The molecule has 0 N–H and O–H groups in total. The summed E-state index contributed by atoms with van der Waals surface area (Å²) in [6, 6.07) is 12.0. The van der Waals surface area contributed by atoms with Gasteiger partial charge in [0.15, 0.2) is 0 Å². The summed E-state index contributed by atoms with van der Waals surface area (Å²) in [6.45, 7) is 6.14. The number of rotatable bonds is 34. The van der Waals surface area contributed by atoms with Crippen LogP contribution in [0, 0.1) is 0 Å². The van der Waals surface area contributed by atoms with Crippen LogP contribution in [0.5, 0.6) is 0 Å². The molecule has 0 radical (unpaired) electrons. The smallest absolute Gasteiger partial charge is 0.748 e. The van der Waals surface area contributed by atoms with E-state index in [2.05, 4.69) is 13.8 Å². The monoisotopic (exact) mass is 978 g/mol. The van der Waals surface area contributed by atoms with Gasteiger partial charge in [-0.25, -0.2) is 36.0 Å². The van der Waals surface area contributed by atoms with Crippen molar-refractivity contribution in [2.75, 3.05) is 26.4 Å². The van der Waals surface area contributed by atoms with Crippen LogP contribution >= 0.6 is 0 Å². The normalized spacial score (nSPS) is 12.2. The summed E-state index contributed by atoms with van der Waals surface area (Å²) < 4.78 is 85.9. The Morgan fingerprint density at radius 1 is 0.415 bits per heavy atom. The molecule has 2 aromatic rings. The molecule has 0 heterocycles. The standard InChI is InChI=1S/2C24H38O7S.Ca/c2*1-3-4-5-6-7-8-9-10-11-12-15-18-30-23(25)21-16-13-14-17-22(21)24(26)31-19-20(2)32(27,28)29;/h2*13-14,16-17,20H,3-12,15,18-19H2,1-2H3,(H,27,28,29);/q;;+2/p-2. The largest absolute Gasteiger partial charge is 2.00 e. The molecule has 0 saturated heterocycles. The van der Waals surface area contributed by atoms with Crippen LogP contribution in [0.4, 0.5) is 0 Å². The average molecular weight is 979 g/mol. The number of hydrogen-bond donors (Lipinski definition) is 0. The average Bonchev–Trinajstić information content (AvgIpc) is 3.27. The number of carbonyl (C=O) groups is 4. The van der Waals surface area contributed by atoms with Crippen molar-refractivity contribution in [2.24, 2.45) is 0 Å². The zero-order valence-electron chi connectivity index (χ0n) is 39.4. The van der Waals surface area contributed by atoms with Gasteiger partial charge in [0.25, 0.3) is 0 Å². The summed E-state index contributed by atoms with van der Waals surface area (Å²) in [7, 11) is -9.11. The van der Waals surface area contributed by atoms with Gasteiger partial charge in [-0.15, -0.1) is 0 Å². The number of carbonyl (C=O) groups excluding carboxylic acids is 4. The minimum atomic E-state index is -4.56. The fourth-order valence-corrected chi connectivity index (χ4v) is 6.87. The minimum Gasteiger partial charge on any atom is -0.748 e. The summed E-state index contributed by atoms with van der Waals surface area (Å²) in [5, 5.41) is -2.74. The molecular weight excluding hydrogens is 905 g/mol. The van der Waals surface area contributed by atoms with Crippen LogP contribution in [-0.4, -0.2) is 124 Å². The molecule has 65 heavy (non-hydrogen) atoms. The molecule has 2 rings (SSSR count). The second-order valence-electron chi connectivity index (χ2n) is 16.2. The van der Waals surface area contributed by atoms with Crippen LogP contribution in [0.15, 0.2) is 48.5 Å². The first-order valence-electron chi connectivity index (χ1n) is 23.3. The molecule has 0 spiro atoms. The van der Waals surface area contributed by atoms with E-state index in [-0.39, 0.29) is 73.2 Å². The summed E-state index contributed by atoms with van der Waals surface area (Å²) >= 11 is 0. The van der Waals surface area contributed by atoms with E-state index in [9.17, 15) is 45.1 Å². The molecule has 2 aromatic carbocycles. The molecule has 17 heteroatoms. The van der Waals surface area contributed by atoms with Gasteiger partial charge >= 0.3 is 61.6 Å². The van der Waals surface area contributed by atoms with E-state index in [4.69, 9.17) is 18.9 Å². The third kappa shape index (κ3) is 29.7. The molecule has 0 bridgehead atoms. The van der Waals surface area contributed by atoms with Gasteiger partial charge in [-0.05, 0) is 51.0 Å². The molecule has 0 fully saturated rings. The van der Waals surface area contributed by atoms with Crippen molar-refractivity contribution in [3.8, 4) is 0 Å². The van der Waals surface area contributed by atoms with Crippen LogP contribution in [0.1, 0.15) is 210 Å². The molecule has 0 saturated carbocycles. The molecule has 0 aromatic heterocycles. The zero-order chi connectivity index (χ0) is 47.6. The van der Waals surface area contributed by atoms with Crippen LogP contribution in [0.25, 0.3) is 0 Å². The van der Waals surface area contributed by atoms with Crippen molar-refractivity contribution in [3.63, 3.8) is 0 Å². The number of esters is 4.